The van der Waals surface area contributed by atoms with E-state index in [0.29, 0.717) is 8.83 Å². The first kappa shape index (κ1) is 16.6. The minimum atomic E-state index is -1.01. The molecule has 124 valence electrons. The fraction of sp³-hybridized carbons (Fsp3) is 0.235. The number of hydrogen-bond acceptors (Lipinski definition) is 5. The summed E-state index contributed by atoms with van der Waals surface area (Å²) in [5.74, 6) is -1.33. The second kappa shape index (κ2) is 6.33. The Morgan fingerprint density at radius 3 is 2.75 bits per heavy atom. The minimum Gasteiger partial charge on any atom is -0.493 e. The van der Waals surface area contributed by atoms with Gasteiger partial charge in [0.2, 0.25) is 5.88 Å². The van der Waals surface area contributed by atoms with E-state index in [9.17, 15) is 15.0 Å². The molecule has 0 amide bonds. The molecule has 7 heteroatoms. The number of para-hydroxylation sites is 1. The number of allylic oxidation sites excluding steroid dienone is 1. The molecule has 0 fully saturated rings. The lowest BCUT2D eigenvalue weighted by molar-refractivity contribution is -0.142. The molecule has 1 aliphatic rings. The number of thiazole rings is 1. The van der Waals surface area contributed by atoms with Gasteiger partial charge in [-0.2, -0.15) is 0 Å². The van der Waals surface area contributed by atoms with Crippen LogP contribution in [-0.4, -0.2) is 27.0 Å². The zero-order chi connectivity index (χ0) is 17.4. The number of carboxylic acids is 1. The molecular weight excluding hydrogens is 344 g/mol. The van der Waals surface area contributed by atoms with Crippen LogP contribution in [0.5, 0.6) is 5.88 Å². The van der Waals surface area contributed by atoms with Crippen LogP contribution in [0.4, 0.5) is 5.69 Å². The first-order valence-corrected chi connectivity index (χ1v) is 8.65. The first-order valence-electron chi connectivity index (χ1n) is 7.42. The highest BCUT2D eigenvalue weighted by Crippen LogP contribution is 2.37. The Balaban J connectivity index is 2.08. The highest BCUT2D eigenvalue weighted by atomic mass is 32.1. The molecule has 1 atom stereocenters. The zero-order valence-electron chi connectivity index (χ0n) is 13.1. The number of aromatic hydroxyl groups is 1. The topological polar surface area (TPSA) is 74.8 Å². The molecule has 5 nitrogen and oxygen atoms in total. The number of rotatable bonds is 4. The maximum atomic E-state index is 11.6. The average Bonchev–Trinajstić information content (AvgIpc) is 3.04. The van der Waals surface area contributed by atoms with E-state index in [1.165, 1.54) is 15.9 Å². The largest absolute Gasteiger partial charge is 0.493 e. The normalized spacial score (nSPS) is 15.9. The van der Waals surface area contributed by atoms with Gasteiger partial charge in [-0.05, 0) is 30.3 Å². The number of carboxylic acid groups (broad SMARTS) is 1. The van der Waals surface area contributed by atoms with Crippen LogP contribution in [0.3, 0.4) is 0 Å². The average molecular weight is 360 g/mol. The van der Waals surface area contributed by atoms with E-state index in [2.05, 4.69) is 4.99 Å². The number of fused-ring (bicyclic) bond motifs is 1. The summed E-state index contributed by atoms with van der Waals surface area (Å²) in [6.45, 7) is 3.57. The van der Waals surface area contributed by atoms with Crippen LogP contribution in [0.25, 0.3) is 11.6 Å². The predicted molar refractivity (Wildman–Crippen MR) is 98.8 cm³/mol. The maximum Gasteiger partial charge on any atom is 0.327 e. The van der Waals surface area contributed by atoms with Crippen molar-refractivity contribution in [3.8, 4) is 5.88 Å². The quantitative estimate of drug-likeness (QED) is 0.786. The number of hydrogen-bond donors (Lipinski definition) is 2. The summed E-state index contributed by atoms with van der Waals surface area (Å²) in [6, 6.07) is 6.81. The Morgan fingerprint density at radius 2 is 2.08 bits per heavy atom. The number of aliphatic carboxylic acids is 1. The molecule has 0 spiro atoms. The Kier molecular flexibility index (Phi) is 4.38. The van der Waals surface area contributed by atoms with Crippen LogP contribution in [-0.2, 0) is 4.79 Å². The molecule has 1 aliphatic heterocycles. The van der Waals surface area contributed by atoms with Crippen molar-refractivity contribution >= 4 is 53.1 Å². The van der Waals surface area contributed by atoms with Crippen LogP contribution in [0, 0.1) is 9.87 Å². The molecule has 24 heavy (non-hydrogen) atoms. The summed E-state index contributed by atoms with van der Waals surface area (Å²) in [4.78, 5) is 16.4. The van der Waals surface area contributed by atoms with E-state index in [-0.39, 0.29) is 11.8 Å². The molecule has 0 radical (unpaired) electrons. The smallest absolute Gasteiger partial charge is 0.327 e. The molecular formula is C17H16N2O3S2. The molecule has 2 aromatic rings. The van der Waals surface area contributed by atoms with Gasteiger partial charge in [-0.15, -0.1) is 11.3 Å². The highest BCUT2D eigenvalue weighted by Gasteiger charge is 2.28. The van der Waals surface area contributed by atoms with Gasteiger partial charge < -0.3 is 10.2 Å². The van der Waals surface area contributed by atoms with Crippen LogP contribution in [0.1, 0.15) is 30.3 Å². The predicted octanol–water partition coefficient (Wildman–Crippen LogP) is 4.52. The summed E-state index contributed by atoms with van der Waals surface area (Å²) in [6.07, 6.45) is 3.52. The molecule has 0 saturated carbocycles. The first-order chi connectivity index (χ1) is 11.4. The molecule has 0 saturated heterocycles. The zero-order valence-corrected chi connectivity index (χ0v) is 14.8. The van der Waals surface area contributed by atoms with Crippen LogP contribution < -0.4 is 0 Å². The van der Waals surface area contributed by atoms with Gasteiger partial charge >= 0.3 is 5.97 Å². The summed E-state index contributed by atoms with van der Waals surface area (Å²) >= 11 is 6.48. The van der Waals surface area contributed by atoms with E-state index in [1.54, 1.807) is 26.1 Å². The lowest BCUT2D eigenvalue weighted by Crippen LogP contribution is -2.23. The Hall–Kier alpha value is -2.25. The second-order valence-corrected chi connectivity index (χ2v) is 7.50. The molecule has 2 N–H and O–H groups in total. The highest BCUT2D eigenvalue weighted by molar-refractivity contribution is 7.73. The summed E-state index contributed by atoms with van der Waals surface area (Å²) in [5, 5.41) is 20.0. The van der Waals surface area contributed by atoms with Gasteiger partial charge in [0.15, 0.2) is 3.95 Å². The monoisotopic (exact) mass is 360 g/mol. The van der Waals surface area contributed by atoms with Crippen molar-refractivity contribution in [3.63, 3.8) is 0 Å². The van der Waals surface area contributed by atoms with Gasteiger partial charge in [-0.25, -0.2) is 4.79 Å². The third kappa shape index (κ3) is 2.81. The number of benzene rings is 1. The second-order valence-electron chi connectivity index (χ2n) is 5.83. The lowest BCUT2D eigenvalue weighted by Gasteiger charge is -2.18. The van der Waals surface area contributed by atoms with Crippen LogP contribution in [0.2, 0.25) is 0 Å². The number of nitrogens with zero attached hydrogens (tertiary/aromatic N) is 2. The van der Waals surface area contributed by atoms with Crippen molar-refractivity contribution in [2.24, 2.45) is 10.9 Å². The van der Waals surface area contributed by atoms with E-state index in [4.69, 9.17) is 12.2 Å². The summed E-state index contributed by atoms with van der Waals surface area (Å²) in [7, 11) is 0. The molecule has 2 heterocycles. The number of aliphatic imine (C=N–C) groups is 1. The molecule has 0 aliphatic carbocycles. The van der Waals surface area contributed by atoms with Crippen molar-refractivity contribution < 1.29 is 15.0 Å². The van der Waals surface area contributed by atoms with E-state index < -0.39 is 12.0 Å². The van der Waals surface area contributed by atoms with Crippen molar-refractivity contribution in [2.45, 2.75) is 19.9 Å². The van der Waals surface area contributed by atoms with E-state index in [0.717, 1.165) is 16.8 Å². The van der Waals surface area contributed by atoms with E-state index in [1.807, 2.05) is 24.3 Å². The third-order valence-corrected chi connectivity index (χ3v) is 5.19. The standard InChI is InChI=1S/C17H16N2O3S2/c1-9(2)14(16(21)22)19-15(20)13(24-17(19)23)7-10-8-18-12-6-4-3-5-11(10)12/h3-9,14,20H,1-2H3,(H,21,22)/t14-/m1/s1. The molecule has 1 aromatic carbocycles. The SMILES string of the molecule is CC(C)[C@H](C(=O)O)n1c(O)c(C=C2C=Nc3ccccc32)sc1=S. The van der Waals surface area contributed by atoms with Gasteiger partial charge in [0.1, 0.15) is 6.04 Å². The Bertz CT molecular complexity index is 922. The van der Waals surface area contributed by atoms with Gasteiger partial charge in [-0.1, -0.05) is 32.0 Å². The molecule has 1 aromatic heterocycles. The van der Waals surface area contributed by atoms with Gasteiger partial charge in [0, 0.05) is 17.4 Å². The lowest BCUT2D eigenvalue weighted by atomic mass is 10.0. The van der Waals surface area contributed by atoms with Crippen molar-refractivity contribution in [2.75, 3.05) is 0 Å². The fourth-order valence-electron chi connectivity index (χ4n) is 2.72. The maximum absolute atomic E-state index is 11.6. The van der Waals surface area contributed by atoms with Crippen LogP contribution >= 0.6 is 23.6 Å². The van der Waals surface area contributed by atoms with Crippen molar-refractivity contribution in [1.29, 1.82) is 0 Å². The minimum absolute atomic E-state index is 0.114. The van der Waals surface area contributed by atoms with Gasteiger partial charge in [0.05, 0.1) is 10.6 Å². The van der Waals surface area contributed by atoms with Gasteiger partial charge in [0.25, 0.3) is 0 Å². The molecule has 0 unspecified atom stereocenters. The van der Waals surface area contributed by atoms with Crippen molar-refractivity contribution in [3.05, 3.63) is 38.7 Å². The van der Waals surface area contributed by atoms with E-state index >= 15 is 0 Å². The third-order valence-electron chi connectivity index (χ3n) is 3.85. The fourth-order valence-corrected chi connectivity index (χ4v) is 4.05. The van der Waals surface area contributed by atoms with Gasteiger partial charge in [-0.3, -0.25) is 9.56 Å². The molecule has 3 rings (SSSR count). The van der Waals surface area contributed by atoms with Crippen molar-refractivity contribution in [1.82, 2.24) is 4.57 Å². The summed E-state index contributed by atoms with van der Waals surface area (Å²) in [5.41, 5.74) is 2.71. The summed E-state index contributed by atoms with van der Waals surface area (Å²) < 4.78 is 1.65. The number of aromatic nitrogens is 1. The Morgan fingerprint density at radius 1 is 1.38 bits per heavy atom. The Labute approximate surface area is 148 Å². The molecule has 0 bridgehead atoms. The van der Waals surface area contributed by atoms with Crippen LogP contribution in [0.15, 0.2) is 29.3 Å². The number of carbonyl (C=O) groups is 1.